The largest absolute Gasteiger partial charge is 0.370 e. The first-order chi connectivity index (χ1) is 8.54. The summed E-state index contributed by atoms with van der Waals surface area (Å²) in [6, 6.07) is 2.02. The summed E-state index contributed by atoms with van der Waals surface area (Å²) in [7, 11) is 0. The Morgan fingerprint density at radius 3 is 2.72 bits per heavy atom. The number of nitrogens with two attached hydrogens (primary N) is 1. The molecule has 1 aliphatic rings. The van der Waals surface area contributed by atoms with Crippen LogP contribution in [0, 0.1) is 0 Å². The maximum Gasteiger partial charge on any atom is 0.134 e. The lowest BCUT2D eigenvalue weighted by atomic mass is 10.0. The first-order valence-electron chi connectivity index (χ1n) is 6.64. The normalized spacial score (nSPS) is 16.1. The number of rotatable bonds is 5. The van der Waals surface area contributed by atoms with Gasteiger partial charge in [-0.2, -0.15) is 0 Å². The molecule has 0 bridgehead atoms. The van der Waals surface area contributed by atoms with Gasteiger partial charge in [-0.1, -0.05) is 0 Å². The Hall–Kier alpha value is -1.36. The second-order valence-corrected chi connectivity index (χ2v) is 5.62. The lowest BCUT2D eigenvalue weighted by molar-refractivity contribution is 0.490. The summed E-state index contributed by atoms with van der Waals surface area (Å²) in [5, 5.41) is 3.31. The SMILES string of the molecule is CC(C)(N)CCNc1cc(N2CCCC2)ncn1. The lowest BCUT2D eigenvalue weighted by Crippen LogP contribution is -2.34. The molecule has 0 amide bonds. The van der Waals surface area contributed by atoms with Crippen molar-refractivity contribution in [1.29, 1.82) is 0 Å². The van der Waals surface area contributed by atoms with Crippen molar-refractivity contribution in [2.75, 3.05) is 29.9 Å². The fourth-order valence-corrected chi connectivity index (χ4v) is 2.08. The number of aromatic nitrogens is 2. The van der Waals surface area contributed by atoms with Crippen LogP contribution in [-0.4, -0.2) is 35.1 Å². The van der Waals surface area contributed by atoms with Crippen LogP contribution < -0.4 is 16.0 Å². The van der Waals surface area contributed by atoms with Crippen molar-refractivity contribution in [3.63, 3.8) is 0 Å². The van der Waals surface area contributed by atoms with Crippen LogP contribution in [0.2, 0.25) is 0 Å². The summed E-state index contributed by atoms with van der Waals surface area (Å²) >= 11 is 0. The summed E-state index contributed by atoms with van der Waals surface area (Å²) in [6.07, 6.45) is 5.06. The van der Waals surface area contributed by atoms with Gasteiger partial charge in [-0.15, -0.1) is 0 Å². The molecule has 3 N–H and O–H groups in total. The van der Waals surface area contributed by atoms with Crippen molar-refractivity contribution in [2.45, 2.75) is 38.6 Å². The van der Waals surface area contributed by atoms with Gasteiger partial charge >= 0.3 is 0 Å². The first-order valence-corrected chi connectivity index (χ1v) is 6.64. The molecule has 2 heterocycles. The molecule has 2 rings (SSSR count). The highest BCUT2D eigenvalue weighted by Crippen LogP contribution is 2.19. The third kappa shape index (κ3) is 3.84. The van der Waals surface area contributed by atoms with E-state index in [0.29, 0.717) is 0 Å². The average Bonchev–Trinajstić information content (AvgIpc) is 2.81. The molecule has 0 radical (unpaired) electrons. The molecule has 5 nitrogen and oxygen atoms in total. The summed E-state index contributed by atoms with van der Waals surface area (Å²) in [5.41, 5.74) is 5.81. The summed E-state index contributed by atoms with van der Waals surface area (Å²) in [4.78, 5) is 10.9. The second-order valence-electron chi connectivity index (χ2n) is 5.62. The minimum atomic E-state index is -0.141. The van der Waals surface area contributed by atoms with Crippen molar-refractivity contribution < 1.29 is 0 Å². The maximum absolute atomic E-state index is 5.95. The zero-order chi connectivity index (χ0) is 13.0. The van der Waals surface area contributed by atoms with Crippen LogP contribution in [0.25, 0.3) is 0 Å². The molecule has 0 unspecified atom stereocenters. The van der Waals surface area contributed by atoms with Crippen molar-refractivity contribution >= 4 is 11.6 Å². The van der Waals surface area contributed by atoms with E-state index in [9.17, 15) is 0 Å². The third-order valence-corrected chi connectivity index (χ3v) is 3.16. The van der Waals surface area contributed by atoms with Crippen molar-refractivity contribution in [1.82, 2.24) is 9.97 Å². The second kappa shape index (κ2) is 5.52. The molecule has 0 spiro atoms. The molecule has 1 aliphatic heterocycles. The van der Waals surface area contributed by atoms with E-state index in [-0.39, 0.29) is 5.54 Å². The van der Waals surface area contributed by atoms with Crippen molar-refractivity contribution in [3.05, 3.63) is 12.4 Å². The fourth-order valence-electron chi connectivity index (χ4n) is 2.08. The number of hydrogen-bond acceptors (Lipinski definition) is 5. The molecule has 1 aromatic heterocycles. The van der Waals surface area contributed by atoms with Crippen LogP contribution in [-0.2, 0) is 0 Å². The number of nitrogens with zero attached hydrogens (tertiary/aromatic N) is 3. The third-order valence-electron chi connectivity index (χ3n) is 3.16. The molecular weight excluding hydrogens is 226 g/mol. The molecule has 100 valence electrons. The van der Waals surface area contributed by atoms with Crippen LogP contribution in [0.1, 0.15) is 33.1 Å². The Morgan fingerprint density at radius 1 is 1.33 bits per heavy atom. The average molecular weight is 249 g/mol. The van der Waals surface area contributed by atoms with Gasteiger partial charge in [-0.05, 0) is 33.1 Å². The zero-order valence-corrected chi connectivity index (χ0v) is 11.3. The molecule has 1 fully saturated rings. The highest BCUT2D eigenvalue weighted by Gasteiger charge is 2.14. The molecule has 18 heavy (non-hydrogen) atoms. The highest BCUT2D eigenvalue weighted by atomic mass is 15.2. The summed E-state index contributed by atoms with van der Waals surface area (Å²) < 4.78 is 0. The standard InChI is InChI=1S/C13H23N5/c1-13(2,14)5-6-15-11-9-12(17-10-16-11)18-7-3-4-8-18/h9-10H,3-8,14H2,1-2H3,(H,15,16,17). The molecule has 5 heteroatoms. The van der Waals surface area contributed by atoms with E-state index >= 15 is 0 Å². The van der Waals surface area contributed by atoms with E-state index in [1.54, 1.807) is 6.33 Å². The molecule has 1 saturated heterocycles. The van der Waals surface area contributed by atoms with Gasteiger partial charge in [0.1, 0.15) is 18.0 Å². The summed E-state index contributed by atoms with van der Waals surface area (Å²) in [6.45, 7) is 7.10. The number of hydrogen-bond donors (Lipinski definition) is 2. The van der Waals surface area contributed by atoms with Gasteiger partial charge < -0.3 is 16.0 Å². The van der Waals surface area contributed by atoms with E-state index in [1.807, 2.05) is 19.9 Å². The van der Waals surface area contributed by atoms with Gasteiger partial charge in [0.05, 0.1) is 0 Å². The minimum Gasteiger partial charge on any atom is -0.370 e. The van der Waals surface area contributed by atoms with Crippen LogP contribution >= 0.6 is 0 Å². The monoisotopic (exact) mass is 249 g/mol. The molecule has 1 aromatic rings. The molecule has 0 aliphatic carbocycles. The Balaban J connectivity index is 1.91. The van der Waals surface area contributed by atoms with Crippen molar-refractivity contribution in [3.8, 4) is 0 Å². The number of anilines is 2. The van der Waals surface area contributed by atoms with E-state index in [4.69, 9.17) is 5.73 Å². The Morgan fingerprint density at radius 2 is 2.06 bits per heavy atom. The van der Waals surface area contributed by atoms with Crippen LogP contribution in [0.4, 0.5) is 11.6 Å². The van der Waals surface area contributed by atoms with Crippen LogP contribution in [0.5, 0.6) is 0 Å². The van der Waals surface area contributed by atoms with Crippen LogP contribution in [0.15, 0.2) is 12.4 Å². The predicted octanol–water partition coefficient (Wildman–Crippen LogP) is 1.62. The number of nitrogens with one attached hydrogen (secondary N) is 1. The maximum atomic E-state index is 5.95. The van der Waals surface area contributed by atoms with Gasteiger partial charge in [0.2, 0.25) is 0 Å². The van der Waals surface area contributed by atoms with Gasteiger partial charge in [0.15, 0.2) is 0 Å². The smallest absolute Gasteiger partial charge is 0.134 e. The zero-order valence-electron chi connectivity index (χ0n) is 11.3. The molecule has 0 saturated carbocycles. The van der Waals surface area contributed by atoms with Gasteiger partial charge in [0.25, 0.3) is 0 Å². The Labute approximate surface area is 109 Å². The van der Waals surface area contributed by atoms with Gasteiger partial charge in [0, 0.05) is 31.2 Å². The van der Waals surface area contributed by atoms with E-state index in [0.717, 1.165) is 37.7 Å². The van der Waals surface area contributed by atoms with Gasteiger partial charge in [-0.3, -0.25) is 0 Å². The summed E-state index contributed by atoms with van der Waals surface area (Å²) in [5.74, 6) is 1.91. The predicted molar refractivity (Wildman–Crippen MR) is 74.9 cm³/mol. The molecule has 0 atom stereocenters. The van der Waals surface area contributed by atoms with E-state index in [1.165, 1.54) is 12.8 Å². The highest BCUT2D eigenvalue weighted by molar-refractivity contribution is 5.48. The Kier molecular flexibility index (Phi) is 4.01. The van der Waals surface area contributed by atoms with Gasteiger partial charge in [-0.25, -0.2) is 9.97 Å². The van der Waals surface area contributed by atoms with E-state index < -0.39 is 0 Å². The topological polar surface area (TPSA) is 67.1 Å². The lowest BCUT2D eigenvalue weighted by Gasteiger charge is -2.19. The van der Waals surface area contributed by atoms with Crippen molar-refractivity contribution in [2.24, 2.45) is 5.73 Å². The molecule has 0 aromatic carbocycles. The quantitative estimate of drug-likeness (QED) is 0.830. The van der Waals surface area contributed by atoms with E-state index in [2.05, 4.69) is 20.2 Å². The first kappa shape index (κ1) is 13.1. The fraction of sp³-hybridized carbons (Fsp3) is 0.692. The minimum absolute atomic E-state index is 0.141. The molecular formula is C13H23N5. The Bertz CT molecular complexity index is 379. The van der Waals surface area contributed by atoms with Crippen LogP contribution in [0.3, 0.4) is 0 Å².